The Morgan fingerprint density at radius 3 is 2.15 bits per heavy atom. The van der Waals surface area contributed by atoms with Crippen molar-refractivity contribution in [3.8, 4) is 0 Å². The number of hydrogen-bond donors (Lipinski definition) is 0. The predicted molar refractivity (Wildman–Crippen MR) is 77.3 cm³/mol. The fourth-order valence-electron chi connectivity index (χ4n) is 1.71. The Morgan fingerprint density at radius 2 is 1.70 bits per heavy atom. The van der Waals surface area contributed by atoms with Gasteiger partial charge in [0.05, 0.1) is 0 Å². The van der Waals surface area contributed by atoms with E-state index in [9.17, 15) is 9.36 Å². The Hall–Kier alpha value is -1.42. The largest absolute Gasteiger partial charge is 0.445 e. The first kappa shape index (κ1) is 16.6. The van der Waals surface area contributed by atoms with Gasteiger partial charge in [-0.2, -0.15) is 0 Å². The van der Waals surface area contributed by atoms with Crippen LogP contribution in [0.5, 0.6) is 0 Å². The molecule has 0 bridgehead atoms. The SMILES string of the molecule is COP(=O)(OC)[C@@H](OC(C)=O)/C(C)=C/c1ccccc1. The van der Waals surface area contributed by atoms with Gasteiger partial charge in [-0.1, -0.05) is 36.4 Å². The lowest BCUT2D eigenvalue weighted by molar-refractivity contribution is -0.142. The van der Waals surface area contributed by atoms with Crippen molar-refractivity contribution in [2.75, 3.05) is 14.2 Å². The number of carbonyl (C=O) groups excluding carboxylic acids is 1. The van der Waals surface area contributed by atoms with E-state index in [1.54, 1.807) is 13.0 Å². The molecule has 110 valence electrons. The van der Waals surface area contributed by atoms with Crippen molar-refractivity contribution in [3.63, 3.8) is 0 Å². The highest BCUT2D eigenvalue weighted by atomic mass is 31.2. The van der Waals surface area contributed by atoms with E-state index in [0.717, 1.165) is 5.56 Å². The average Bonchev–Trinajstić information content (AvgIpc) is 2.44. The summed E-state index contributed by atoms with van der Waals surface area (Å²) in [4.78, 5) is 11.2. The summed E-state index contributed by atoms with van der Waals surface area (Å²) in [5.74, 6) is -1.61. The zero-order valence-electron chi connectivity index (χ0n) is 12.0. The molecule has 0 aliphatic rings. The third-order valence-corrected chi connectivity index (χ3v) is 4.76. The molecule has 1 atom stereocenters. The van der Waals surface area contributed by atoms with E-state index in [0.29, 0.717) is 5.57 Å². The predicted octanol–water partition coefficient (Wildman–Crippen LogP) is 3.47. The molecule has 0 N–H and O–H groups in total. The van der Waals surface area contributed by atoms with E-state index >= 15 is 0 Å². The van der Waals surface area contributed by atoms with Crippen LogP contribution in [0.25, 0.3) is 6.08 Å². The molecular weight excluding hydrogens is 279 g/mol. The molecular formula is C14H19O5P. The highest BCUT2D eigenvalue weighted by Crippen LogP contribution is 2.54. The van der Waals surface area contributed by atoms with Crippen LogP contribution in [-0.2, 0) is 23.1 Å². The summed E-state index contributed by atoms with van der Waals surface area (Å²) in [7, 11) is -1.03. The number of rotatable bonds is 6. The maximum absolute atomic E-state index is 12.5. The van der Waals surface area contributed by atoms with Crippen LogP contribution in [0.4, 0.5) is 0 Å². The fraction of sp³-hybridized carbons (Fsp3) is 0.357. The lowest BCUT2D eigenvalue weighted by atomic mass is 10.1. The van der Waals surface area contributed by atoms with Crippen molar-refractivity contribution < 1.29 is 23.1 Å². The molecule has 20 heavy (non-hydrogen) atoms. The molecule has 0 aromatic heterocycles. The van der Waals surface area contributed by atoms with Crippen LogP contribution in [0.3, 0.4) is 0 Å². The number of benzene rings is 1. The molecule has 1 aromatic rings. The standard InChI is InChI=1S/C14H19O5P/c1-11(10-13-8-6-5-7-9-13)14(19-12(2)15)20(16,17-3)18-4/h5-10,14H,1-4H3/b11-10+/t14-/m1/s1. The summed E-state index contributed by atoms with van der Waals surface area (Å²) in [6.07, 6.45) is 1.78. The molecule has 1 aromatic carbocycles. The van der Waals surface area contributed by atoms with Crippen LogP contribution in [0.15, 0.2) is 35.9 Å². The van der Waals surface area contributed by atoms with Gasteiger partial charge in [0.2, 0.25) is 5.85 Å². The van der Waals surface area contributed by atoms with Crippen LogP contribution >= 0.6 is 7.60 Å². The highest BCUT2D eigenvalue weighted by molar-refractivity contribution is 7.54. The lowest BCUT2D eigenvalue weighted by Crippen LogP contribution is -2.19. The van der Waals surface area contributed by atoms with Crippen LogP contribution in [0.1, 0.15) is 19.4 Å². The number of ether oxygens (including phenoxy) is 1. The second kappa shape index (κ2) is 7.39. The third kappa shape index (κ3) is 4.30. The van der Waals surface area contributed by atoms with Gasteiger partial charge in [0.1, 0.15) is 0 Å². The minimum atomic E-state index is -3.55. The summed E-state index contributed by atoms with van der Waals surface area (Å²) < 4.78 is 27.4. The van der Waals surface area contributed by atoms with Gasteiger partial charge in [-0.15, -0.1) is 0 Å². The first-order chi connectivity index (χ1) is 9.42. The monoisotopic (exact) mass is 298 g/mol. The summed E-state index contributed by atoms with van der Waals surface area (Å²) in [5, 5.41) is 0. The summed E-state index contributed by atoms with van der Waals surface area (Å²) in [6, 6.07) is 9.43. The summed E-state index contributed by atoms with van der Waals surface area (Å²) in [5.41, 5.74) is 1.49. The van der Waals surface area contributed by atoms with Crippen molar-refractivity contribution in [2.24, 2.45) is 0 Å². The van der Waals surface area contributed by atoms with Gasteiger partial charge in [0, 0.05) is 21.1 Å². The molecule has 0 aliphatic carbocycles. The van der Waals surface area contributed by atoms with Gasteiger partial charge in [0.15, 0.2) is 0 Å². The Balaban J connectivity index is 3.14. The molecule has 0 spiro atoms. The van der Waals surface area contributed by atoms with Crippen LogP contribution in [0, 0.1) is 0 Å². The Bertz CT molecular complexity index is 516. The number of carbonyl (C=O) groups is 1. The molecule has 0 saturated carbocycles. The third-order valence-electron chi connectivity index (χ3n) is 2.66. The fourth-order valence-corrected chi connectivity index (χ4v) is 3.10. The van der Waals surface area contributed by atoms with Crippen molar-refractivity contribution >= 4 is 19.6 Å². The van der Waals surface area contributed by atoms with E-state index in [1.807, 2.05) is 30.3 Å². The summed E-state index contributed by atoms with van der Waals surface area (Å²) in [6.45, 7) is 2.96. The maximum atomic E-state index is 12.5. The molecule has 0 unspecified atom stereocenters. The molecule has 0 saturated heterocycles. The van der Waals surface area contributed by atoms with Gasteiger partial charge in [-0.25, -0.2) is 0 Å². The molecule has 0 amide bonds. The normalized spacial score (nSPS) is 13.9. The lowest BCUT2D eigenvalue weighted by Gasteiger charge is -2.24. The quantitative estimate of drug-likeness (QED) is 0.594. The highest BCUT2D eigenvalue weighted by Gasteiger charge is 2.38. The van der Waals surface area contributed by atoms with Gasteiger partial charge >= 0.3 is 13.6 Å². The first-order valence-electron chi connectivity index (χ1n) is 6.04. The van der Waals surface area contributed by atoms with Gasteiger partial charge in [-0.3, -0.25) is 9.36 Å². The van der Waals surface area contributed by atoms with Gasteiger partial charge in [0.25, 0.3) is 0 Å². The van der Waals surface area contributed by atoms with Crippen molar-refractivity contribution in [3.05, 3.63) is 41.5 Å². The molecule has 0 radical (unpaired) electrons. The first-order valence-corrected chi connectivity index (χ1v) is 7.65. The minimum Gasteiger partial charge on any atom is -0.445 e. The second-order valence-electron chi connectivity index (χ2n) is 4.17. The smallest absolute Gasteiger partial charge is 0.374 e. The van der Waals surface area contributed by atoms with Crippen molar-refractivity contribution in [2.45, 2.75) is 19.7 Å². The molecule has 1 rings (SSSR count). The maximum Gasteiger partial charge on any atom is 0.374 e. The number of esters is 1. The van der Waals surface area contributed by atoms with Crippen LogP contribution in [0.2, 0.25) is 0 Å². The van der Waals surface area contributed by atoms with Crippen LogP contribution < -0.4 is 0 Å². The Kier molecular flexibility index (Phi) is 6.14. The van der Waals surface area contributed by atoms with Crippen LogP contribution in [-0.4, -0.2) is 26.0 Å². The zero-order valence-corrected chi connectivity index (χ0v) is 12.9. The topological polar surface area (TPSA) is 61.8 Å². The van der Waals surface area contributed by atoms with Crippen molar-refractivity contribution in [1.82, 2.24) is 0 Å². The Morgan fingerprint density at radius 1 is 1.15 bits per heavy atom. The summed E-state index contributed by atoms with van der Waals surface area (Å²) >= 11 is 0. The minimum absolute atomic E-state index is 0.551. The molecule has 0 fully saturated rings. The van der Waals surface area contributed by atoms with E-state index in [-0.39, 0.29) is 0 Å². The second-order valence-corrected chi connectivity index (χ2v) is 6.44. The van der Waals surface area contributed by atoms with Crippen molar-refractivity contribution in [1.29, 1.82) is 0 Å². The van der Waals surface area contributed by atoms with E-state index in [4.69, 9.17) is 13.8 Å². The zero-order chi connectivity index (χ0) is 15.2. The molecule has 0 aliphatic heterocycles. The van der Waals surface area contributed by atoms with Gasteiger partial charge in [-0.05, 0) is 18.1 Å². The average molecular weight is 298 g/mol. The molecule has 5 nitrogen and oxygen atoms in total. The molecule has 6 heteroatoms. The Labute approximate surface area is 119 Å². The van der Waals surface area contributed by atoms with E-state index in [1.165, 1.54) is 21.1 Å². The number of hydrogen-bond acceptors (Lipinski definition) is 5. The van der Waals surface area contributed by atoms with E-state index < -0.39 is 19.4 Å². The molecule has 0 heterocycles. The van der Waals surface area contributed by atoms with Gasteiger partial charge < -0.3 is 13.8 Å². The van der Waals surface area contributed by atoms with E-state index in [2.05, 4.69) is 0 Å².